The Labute approximate surface area is 167 Å². The minimum atomic E-state index is -0.227. The van der Waals surface area contributed by atoms with Gasteiger partial charge in [0.1, 0.15) is 0 Å². The zero-order valence-electron chi connectivity index (χ0n) is 15.2. The molecule has 2 N–H and O–H groups in total. The van der Waals surface area contributed by atoms with E-state index >= 15 is 0 Å². The van der Waals surface area contributed by atoms with Gasteiger partial charge in [0.05, 0.1) is 0 Å². The number of hydrogen-bond donors (Lipinski definition) is 2. The van der Waals surface area contributed by atoms with E-state index in [4.69, 9.17) is 0 Å². The van der Waals surface area contributed by atoms with Gasteiger partial charge in [-0.2, -0.15) is 0 Å². The van der Waals surface area contributed by atoms with Gasteiger partial charge in [-0.3, -0.25) is 9.59 Å². The molecule has 1 fully saturated rings. The van der Waals surface area contributed by atoms with Crippen molar-refractivity contribution < 1.29 is 9.59 Å². The minimum absolute atomic E-state index is 0.0961. The van der Waals surface area contributed by atoms with E-state index in [0.717, 1.165) is 28.2 Å². The second kappa shape index (κ2) is 8.23. The summed E-state index contributed by atoms with van der Waals surface area (Å²) in [5.74, 6) is -0.324. The van der Waals surface area contributed by atoms with Gasteiger partial charge in [-0.1, -0.05) is 36.4 Å². The van der Waals surface area contributed by atoms with Crippen molar-refractivity contribution in [1.29, 1.82) is 0 Å². The van der Waals surface area contributed by atoms with Gasteiger partial charge >= 0.3 is 0 Å². The Morgan fingerprint density at radius 1 is 0.964 bits per heavy atom. The molecule has 0 radical (unpaired) electrons. The number of rotatable bonds is 6. The Hall–Kier alpha value is -3.18. The van der Waals surface area contributed by atoms with Gasteiger partial charge in [0, 0.05) is 33.1 Å². The van der Waals surface area contributed by atoms with Crippen LogP contribution >= 0.6 is 11.3 Å². The molecule has 3 aromatic rings. The van der Waals surface area contributed by atoms with Crippen LogP contribution in [0.5, 0.6) is 0 Å². The zero-order valence-corrected chi connectivity index (χ0v) is 16.0. The van der Waals surface area contributed by atoms with Gasteiger partial charge in [-0.15, -0.1) is 11.3 Å². The van der Waals surface area contributed by atoms with Crippen LogP contribution in [0.25, 0.3) is 16.5 Å². The first-order valence-corrected chi connectivity index (χ1v) is 10.0. The Balaban J connectivity index is 1.38. The maximum Gasteiger partial charge on any atom is 0.251 e. The molecule has 140 valence electrons. The van der Waals surface area contributed by atoms with E-state index in [1.807, 2.05) is 24.3 Å². The summed E-state index contributed by atoms with van der Waals surface area (Å²) in [6.07, 6.45) is 5.40. The predicted molar refractivity (Wildman–Crippen MR) is 114 cm³/mol. The zero-order chi connectivity index (χ0) is 19.3. The highest BCUT2D eigenvalue weighted by atomic mass is 32.1. The van der Waals surface area contributed by atoms with Crippen LogP contribution < -0.4 is 10.6 Å². The van der Waals surface area contributed by atoms with E-state index in [1.54, 1.807) is 41.7 Å². The number of carbonyl (C=O) groups is 2. The van der Waals surface area contributed by atoms with E-state index in [9.17, 15) is 9.59 Å². The van der Waals surface area contributed by atoms with Crippen LogP contribution in [0, 0.1) is 0 Å². The SMILES string of the molecule is O=C(/C=C/c1ccc(-c2ccccc2)s1)Nc1cccc(C(=O)NC2CC2)c1. The third-order valence-electron chi connectivity index (χ3n) is 4.39. The summed E-state index contributed by atoms with van der Waals surface area (Å²) in [4.78, 5) is 26.5. The lowest BCUT2D eigenvalue weighted by atomic mass is 10.2. The van der Waals surface area contributed by atoms with Crippen molar-refractivity contribution in [2.24, 2.45) is 0 Å². The molecule has 0 bridgehead atoms. The van der Waals surface area contributed by atoms with Crippen LogP contribution in [0.15, 0.2) is 72.8 Å². The molecule has 0 aliphatic heterocycles. The van der Waals surface area contributed by atoms with Gasteiger partial charge < -0.3 is 10.6 Å². The first-order chi connectivity index (χ1) is 13.7. The second-order valence-corrected chi connectivity index (χ2v) is 7.83. The molecule has 1 saturated carbocycles. The molecular weight excluding hydrogens is 368 g/mol. The third kappa shape index (κ3) is 4.75. The summed E-state index contributed by atoms with van der Waals surface area (Å²) in [6.45, 7) is 0. The van der Waals surface area contributed by atoms with Gasteiger partial charge in [0.15, 0.2) is 0 Å². The summed E-state index contributed by atoms with van der Waals surface area (Å²) in [5, 5.41) is 5.76. The fraction of sp³-hybridized carbons (Fsp3) is 0.130. The monoisotopic (exact) mass is 388 g/mol. The molecule has 0 unspecified atom stereocenters. The van der Waals surface area contributed by atoms with Crippen molar-refractivity contribution in [3.63, 3.8) is 0 Å². The summed E-state index contributed by atoms with van der Waals surface area (Å²) >= 11 is 1.63. The fourth-order valence-corrected chi connectivity index (χ4v) is 3.69. The highest BCUT2D eigenvalue weighted by Crippen LogP contribution is 2.28. The Kier molecular flexibility index (Phi) is 5.35. The molecule has 0 saturated heterocycles. The number of thiophene rings is 1. The quantitative estimate of drug-likeness (QED) is 0.587. The van der Waals surface area contributed by atoms with E-state index in [-0.39, 0.29) is 11.8 Å². The lowest BCUT2D eigenvalue weighted by Crippen LogP contribution is -2.25. The molecule has 28 heavy (non-hydrogen) atoms. The van der Waals surface area contributed by atoms with Crippen molar-refractivity contribution >= 4 is 34.9 Å². The van der Waals surface area contributed by atoms with Crippen LogP contribution in [0.2, 0.25) is 0 Å². The standard InChI is InChI=1S/C23H20N2O2S/c26-22(14-12-20-11-13-21(28-20)16-5-2-1-3-6-16)24-19-8-4-7-17(15-19)23(27)25-18-9-10-18/h1-8,11-15,18H,9-10H2,(H,24,26)(H,25,27)/b14-12+. The number of carbonyl (C=O) groups excluding carboxylic acids is 2. The molecule has 2 aromatic carbocycles. The van der Waals surface area contributed by atoms with Gasteiger partial charge in [0.25, 0.3) is 5.91 Å². The molecular formula is C23H20N2O2S. The maximum atomic E-state index is 12.2. The normalized spacial score (nSPS) is 13.4. The number of benzene rings is 2. The Morgan fingerprint density at radius 3 is 2.57 bits per heavy atom. The summed E-state index contributed by atoms with van der Waals surface area (Å²) in [5.41, 5.74) is 2.33. The van der Waals surface area contributed by atoms with Crippen molar-refractivity contribution in [3.05, 3.63) is 83.2 Å². The van der Waals surface area contributed by atoms with E-state index in [1.165, 1.54) is 6.08 Å². The fourth-order valence-electron chi connectivity index (χ4n) is 2.78. The highest BCUT2D eigenvalue weighted by molar-refractivity contribution is 7.16. The van der Waals surface area contributed by atoms with Crippen molar-refractivity contribution in [2.75, 3.05) is 5.32 Å². The summed E-state index contributed by atoms with van der Waals surface area (Å²) in [6, 6.07) is 21.5. The molecule has 2 amide bonds. The predicted octanol–water partition coefficient (Wildman–Crippen LogP) is 4.96. The highest BCUT2D eigenvalue weighted by Gasteiger charge is 2.23. The average Bonchev–Trinajstić information content (AvgIpc) is 3.40. The van der Waals surface area contributed by atoms with Gasteiger partial charge in [0.2, 0.25) is 5.91 Å². The number of hydrogen-bond acceptors (Lipinski definition) is 3. The van der Waals surface area contributed by atoms with E-state index in [0.29, 0.717) is 17.3 Å². The van der Waals surface area contributed by atoms with Gasteiger partial charge in [-0.25, -0.2) is 0 Å². The lowest BCUT2D eigenvalue weighted by Gasteiger charge is -2.06. The molecule has 4 nitrogen and oxygen atoms in total. The molecule has 4 rings (SSSR count). The van der Waals surface area contributed by atoms with Crippen LogP contribution in [0.4, 0.5) is 5.69 Å². The Bertz CT molecular complexity index is 1020. The van der Waals surface area contributed by atoms with Crippen molar-refractivity contribution in [3.8, 4) is 10.4 Å². The van der Waals surface area contributed by atoms with Crippen molar-refractivity contribution in [1.82, 2.24) is 5.32 Å². The number of anilines is 1. The smallest absolute Gasteiger partial charge is 0.251 e. The topological polar surface area (TPSA) is 58.2 Å². The third-order valence-corrected chi connectivity index (χ3v) is 5.49. The summed E-state index contributed by atoms with van der Waals surface area (Å²) in [7, 11) is 0. The first kappa shape index (κ1) is 18.2. The molecule has 1 aromatic heterocycles. The van der Waals surface area contributed by atoms with Crippen LogP contribution in [0.1, 0.15) is 28.1 Å². The molecule has 1 heterocycles. The van der Waals surface area contributed by atoms with Crippen LogP contribution in [-0.2, 0) is 4.79 Å². The maximum absolute atomic E-state index is 12.2. The van der Waals surface area contributed by atoms with Crippen molar-refractivity contribution in [2.45, 2.75) is 18.9 Å². The molecule has 1 aliphatic carbocycles. The lowest BCUT2D eigenvalue weighted by molar-refractivity contribution is -0.111. The number of amides is 2. The average molecular weight is 388 g/mol. The van der Waals surface area contributed by atoms with E-state index in [2.05, 4.69) is 28.8 Å². The largest absolute Gasteiger partial charge is 0.349 e. The minimum Gasteiger partial charge on any atom is -0.349 e. The molecule has 1 aliphatic rings. The second-order valence-electron chi connectivity index (χ2n) is 6.72. The van der Waals surface area contributed by atoms with E-state index < -0.39 is 0 Å². The molecule has 0 atom stereocenters. The van der Waals surface area contributed by atoms with Gasteiger partial charge in [-0.05, 0) is 54.8 Å². The van der Waals surface area contributed by atoms with Crippen LogP contribution in [0.3, 0.4) is 0 Å². The van der Waals surface area contributed by atoms with Crippen LogP contribution in [-0.4, -0.2) is 17.9 Å². The Morgan fingerprint density at radius 2 is 1.79 bits per heavy atom. The summed E-state index contributed by atoms with van der Waals surface area (Å²) < 4.78 is 0. The molecule has 5 heteroatoms. The first-order valence-electron chi connectivity index (χ1n) is 9.23. The molecule has 0 spiro atoms. The number of nitrogens with one attached hydrogen (secondary N) is 2.